The summed E-state index contributed by atoms with van der Waals surface area (Å²) in [5, 5.41) is 10.7. The molecule has 0 N–H and O–H groups in total. The van der Waals surface area contributed by atoms with Crippen molar-refractivity contribution in [3.05, 3.63) is 33.9 Å². The summed E-state index contributed by atoms with van der Waals surface area (Å²) in [5.41, 5.74) is -0.0442. The van der Waals surface area contributed by atoms with Gasteiger partial charge in [-0.1, -0.05) is 0 Å². The lowest BCUT2D eigenvalue weighted by molar-refractivity contribution is -0.384. The molecular weight excluding hydrogens is 266 g/mol. The average molecular weight is 279 g/mol. The molecule has 1 unspecified atom stereocenters. The third-order valence-corrected chi connectivity index (χ3v) is 2.97. The van der Waals surface area contributed by atoms with Crippen molar-refractivity contribution in [2.75, 3.05) is 13.2 Å². The maximum atomic E-state index is 12.2. The number of esters is 1. The molecule has 1 aliphatic rings. The Bertz CT molecular complexity index is 568. The molecule has 0 bridgehead atoms. The van der Waals surface area contributed by atoms with Crippen LogP contribution in [0.1, 0.15) is 23.7 Å². The van der Waals surface area contributed by atoms with Gasteiger partial charge in [0.05, 0.1) is 36.0 Å². The lowest BCUT2D eigenvalue weighted by Crippen LogP contribution is -2.30. The molecule has 7 heteroatoms. The molecular formula is C13H13NO6. The van der Waals surface area contributed by atoms with Crippen molar-refractivity contribution in [3.8, 4) is 5.75 Å². The topological polar surface area (TPSA) is 95.7 Å². The van der Waals surface area contributed by atoms with Crippen LogP contribution in [0.5, 0.6) is 5.75 Å². The van der Waals surface area contributed by atoms with Crippen molar-refractivity contribution in [1.82, 2.24) is 0 Å². The molecule has 0 amide bonds. The summed E-state index contributed by atoms with van der Waals surface area (Å²) in [7, 11) is 0. The van der Waals surface area contributed by atoms with Crippen molar-refractivity contribution in [2.45, 2.75) is 13.3 Å². The molecule has 1 aliphatic heterocycles. The second kappa shape index (κ2) is 5.68. The highest BCUT2D eigenvalue weighted by atomic mass is 16.6. The van der Waals surface area contributed by atoms with Crippen LogP contribution in [0.2, 0.25) is 0 Å². The summed E-state index contributed by atoms with van der Waals surface area (Å²) in [6.45, 7) is 1.99. The number of Topliss-reactive ketones (excluding diaryl/α,β-unsaturated/α-hetero) is 1. The zero-order valence-corrected chi connectivity index (χ0v) is 10.8. The molecule has 0 spiro atoms. The van der Waals surface area contributed by atoms with Gasteiger partial charge in [0.2, 0.25) is 0 Å². The van der Waals surface area contributed by atoms with Crippen LogP contribution in [-0.2, 0) is 9.53 Å². The average Bonchev–Trinajstić information content (AvgIpc) is 2.42. The summed E-state index contributed by atoms with van der Waals surface area (Å²) in [6, 6.07) is 3.85. The highest BCUT2D eigenvalue weighted by Crippen LogP contribution is 2.31. The first-order valence-electron chi connectivity index (χ1n) is 6.14. The van der Waals surface area contributed by atoms with E-state index >= 15 is 0 Å². The first-order valence-corrected chi connectivity index (χ1v) is 6.14. The highest BCUT2D eigenvalue weighted by Gasteiger charge is 2.32. The number of hydrogen-bond donors (Lipinski definition) is 0. The van der Waals surface area contributed by atoms with Crippen LogP contribution in [0.15, 0.2) is 18.2 Å². The fourth-order valence-electron chi connectivity index (χ4n) is 2.01. The number of carbonyl (C=O) groups excluding carboxylic acids is 2. The molecule has 0 fully saturated rings. The summed E-state index contributed by atoms with van der Waals surface area (Å²) in [6.07, 6.45) is -0.0885. The monoisotopic (exact) mass is 279 g/mol. The predicted molar refractivity (Wildman–Crippen MR) is 67.7 cm³/mol. The van der Waals surface area contributed by atoms with Gasteiger partial charge in [-0.05, 0) is 13.0 Å². The molecule has 0 saturated carbocycles. The molecule has 0 saturated heterocycles. The van der Waals surface area contributed by atoms with Gasteiger partial charge < -0.3 is 9.47 Å². The van der Waals surface area contributed by atoms with Crippen LogP contribution < -0.4 is 4.74 Å². The number of nitrogens with zero attached hydrogens (tertiary/aromatic N) is 1. The Balaban J connectivity index is 2.21. The summed E-state index contributed by atoms with van der Waals surface area (Å²) < 4.78 is 10.2. The molecule has 1 aromatic carbocycles. The van der Waals surface area contributed by atoms with Crippen LogP contribution in [0, 0.1) is 16.0 Å². The number of nitro groups is 1. The maximum Gasteiger partial charge on any atom is 0.306 e. The lowest BCUT2D eigenvalue weighted by atomic mass is 9.92. The normalized spacial score (nSPS) is 17.1. The smallest absolute Gasteiger partial charge is 0.306 e. The van der Waals surface area contributed by atoms with Crippen molar-refractivity contribution >= 4 is 17.4 Å². The van der Waals surface area contributed by atoms with Crippen LogP contribution in [0.4, 0.5) is 5.69 Å². The summed E-state index contributed by atoms with van der Waals surface area (Å²) >= 11 is 0. The largest absolute Gasteiger partial charge is 0.492 e. The Hall–Kier alpha value is -2.44. The second-order valence-corrected chi connectivity index (χ2v) is 4.32. The predicted octanol–water partition coefficient (Wildman–Crippen LogP) is 1.74. The Morgan fingerprint density at radius 3 is 2.95 bits per heavy atom. The molecule has 0 aromatic heterocycles. The second-order valence-electron chi connectivity index (χ2n) is 4.32. The minimum absolute atomic E-state index is 0.0719. The number of nitro benzene ring substituents is 1. The molecule has 0 radical (unpaired) electrons. The number of ether oxygens (including phenoxy) is 2. The van der Waals surface area contributed by atoms with Crippen molar-refractivity contribution in [3.63, 3.8) is 0 Å². The van der Waals surface area contributed by atoms with Gasteiger partial charge in [-0.3, -0.25) is 19.7 Å². The first-order chi connectivity index (χ1) is 9.52. The Morgan fingerprint density at radius 1 is 1.55 bits per heavy atom. The van der Waals surface area contributed by atoms with Gasteiger partial charge in [-0.25, -0.2) is 0 Å². The molecule has 2 rings (SSSR count). The van der Waals surface area contributed by atoms with Gasteiger partial charge in [-0.15, -0.1) is 0 Å². The number of fused-ring (bicyclic) bond motifs is 1. The zero-order valence-electron chi connectivity index (χ0n) is 10.8. The van der Waals surface area contributed by atoms with E-state index in [9.17, 15) is 19.7 Å². The van der Waals surface area contributed by atoms with Gasteiger partial charge in [0.25, 0.3) is 5.69 Å². The van der Waals surface area contributed by atoms with Crippen molar-refractivity contribution in [1.29, 1.82) is 0 Å². The number of non-ortho nitro benzene ring substituents is 1. The van der Waals surface area contributed by atoms with E-state index in [1.54, 1.807) is 6.92 Å². The number of carbonyl (C=O) groups is 2. The van der Waals surface area contributed by atoms with E-state index in [2.05, 4.69) is 0 Å². The number of rotatable bonds is 4. The zero-order chi connectivity index (χ0) is 14.7. The van der Waals surface area contributed by atoms with Gasteiger partial charge in [0, 0.05) is 12.1 Å². The Kier molecular flexibility index (Phi) is 3.97. The fraction of sp³-hybridized carbons (Fsp3) is 0.385. The Labute approximate surface area is 114 Å². The van der Waals surface area contributed by atoms with E-state index in [1.807, 2.05) is 0 Å². The number of benzene rings is 1. The van der Waals surface area contributed by atoms with E-state index in [1.165, 1.54) is 18.2 Å². The third-order valence-electron chi connectivity index (χ3n) is 2.97. The van der Waals surface area contributed by atoms with Crippen molar-refractivity contribution in [2.24, 2.45) is 5.92 Å². The number of ketones is 1. The first kappa shape index (κ1) is 14.0. The van der Waals surface area contributed by atoms with Crippen molar-refractivity contribution < 1.29 is 24.0 Å². The van der Waals surface area contributed by atoms with E-state index in [0.717, 1.165) is 0 Å². The van der Waals surface area contributed by atoms with Gasteiger partial charge in [0.1, 0.15) is 5.75 Å². The molecule has 0 aliphatic carbocycles. The van der Waals surface area contributed by atoms with Crippen LogP contribution >= 0.6 is 0 Å². The number of hydrogen-bond acceptors (Lipinski definition) is 6. The molecule has 7 nitrogen and oxygen atoms in total. The van der Waals surface area contributed by atoms with Crippen LogP contribution in [0.3, 0.4) is 0 Å². The molecule has 1 heterocycles. The standard InChI is InChI=1S/C13H13NO6/c1-2-19-12(15)5-8-7-20-11-4-3-9(14(17)18)6-10(11)13(8)16/h3-4,6,8H,2,5,7H2,1H3. The van der Waals surface area contributed by atoms with E-state index in [-0.39, 0.29) is 36.7 Å². The van der Waals surface area contributed by atoms with E-state index in [0.29, 0.717) is 5.75 Å². The minimum atomic E-state index is -0.663. The summed E-state index contributed by atoms with van der Waals surface area (Å²) in [5.74, 6) is -1.17. The van der Waals surface area contributed by atoms with Crippen LogP contribution in [0.25, 0.3) is 0 Å². The van der Waals surface area contributed by atoms with E-state index in [4.69, 9.17) is 9.47 Å². The molecule has 1 atom stereocenters. The molecule has 20 heavy (non-hydrogen) atoms. The Morgan fingerprint density at radius 2 is 2.30 bits per heavy atom. The van der Waals surface area contributed by atoms with Gasteiger partial charge >= 0.3 is 5.97 Å². The minimum Gasteiger partial charge on any atom is -0.492 e. The third kappa shape index (κ3) is 2.76. The summed E-state index contributed by atoms with van der Waals surface area (Å²) in [4.78, 5) is 33.8. The lowest BCUT2D eigenvalue weighted by Gasteiger charge is -2.23. The van der Waals surface area contributed by atoms with Gasteiger partial charge in [0.15, 0.2) is 5.78 Å². The van der Waals surface area contributed by atoms with Crippen LogP contribution in [-0.4, -0.2) is 29.9 Å². The fourth-order valence-corrected chi connectivity index (χ4v) is 2.01. The quantitative estimate of drug-likeness (QED) is 0.473. The molecule has 1 aromatic rings. The molecule has 106 valence electrons. The SMILES string of the molecule is CCOC(=O)CC1COc2ccc([N+](=O)[O-])cc2C1=O. The maximum absolute atomic E-state index is 12.2. The highest BCUT2D eigenvalue weighted by molar-refractivity contribution is 6.03. The van der Waals surface area contributed by atoms with E-state index < -0.39 is 16.8 Å². The van der Waals surface area contributed by atoms with Gasteiger partial charge in [-0.2, -0.15) is 0 Å².